The normalized spacial score (nSPS) is 25.8. The van der Waals surface area contributed by atoms with Crippen molar-refractivity contribution in [3.05, 3.63) is 0 Å². The molecule has 106 valence electrons. The number of carbonyl (C=O) groups excluding carboxylic acids is 1. The van der Waals surface area contributed by atoms with Gasteiger partial charge in [-0.15, -0.1) is 0 Å². The minimum atomic E-state index is 0.180. The topological polar surface area (TPSA) is 46.3 Å². The first-order valence-electron chi connectivity index (χ1n) is 7.66. The molecule has 18 heavy (non-hydrogen) atoms. The van der Waals surface area contributed by atoms with Gasteiger partial charge < -0.3 is 10.6 Å². The van der Waals surface area contributed by atoms with Gasteiger partial charge in [-0.05, 0) is 39.0 Å². The van der Waals surface area contributed by atoms with Crippen molar-refractivity contribution in [2.24, 2.45) is 11.7 Å². The van der Waals surface area contributed by atoms with Gasteiger partial charge in [0.15, 0.2) is 0 Å². The molecule has 1 aliphatic carbocycles. The van der Waals surface area contributed by atoms with Crippen molar-refractivity contribution in [3.63, 3.8) is 0 Å². The molecule has 0 saturated heterocycles. The summed E-state index contributed by atoms with van der Waals surface area (Å²) >= 11 is 0. The van der Waals surface area contributed by atoms with E-state index in [0.29, 0.717) is 11.9 Å². The van der Waals surface area contributed by atoms with E-state index in [0.717, 1.165) is 51.5 Å². The fraction of sp³-hybridized carbons (Fsp3) is 0.933. The second-order valence-corrected chi connectivity index (χ2v) is 5.77. The Morgan fingerprint density at radius 1 is 1.39 bits per heavy atom. The molecule has 0 aromatic heterocycles. The van der Waals surface area contributed by atoms with Gasteiger partial charge in [-0.2, -0.15) is 0 Å². The fourth-order valence-electron chi connectivity index (χ4n) is 2.78. The highest BCUT2D eigenvalue weighted by molar-refractivity contribution is 5.79. The minimum Gasteiger partial charge on any atom is -0.340 e. The summed E-state index contributed by atoms with van der Waals surface area (Å²) in [4.78, 5) is 14.7. The maximum atomic E-state index is 12.6. The summed E-state index contributed by atoms with van der Waals surface area (Å²) in [7, 11) is 0. The molecule has 1 aliphatic rings. The van der Waals surface area contributed by atoms with Crippen molar-refractivity contribution in [3.8, 4) is 0 Å². The summed E-state index contributed by atoms with van der Waals surface area (Å²) in [5.41, 5.74) is 6.00. The zero-order valence-corrected chi connectivity index (χ0v) is 12.3. The number of carbonyl (C=O) groups is 1. The zero-order valence-electron chi connectivity index (χ0n) is 12.3. The molecule has 3 heteroatoms. The first-order valence-corrected chi connectivity index (χ1v) is 7.66. The van der Waals surface area contributed by atoms with Crippen molar-refractivity contribution in [1.29, 1.82) is 0 Å². The molecule has 1 amide bonds. The molecule has 0 aromatic rings. The molecular formula is C15H30N2O. The predicted octanol–water partition coefficient (Wildman–Crippen LogP) is 2.93. The third-order valence-corrected chi connectivity index (χ3v) is 4.22. The Morgan fingerprint density at radius 3 is 2.67 bits per heavy atom. The first-order chi connectivity index (χ1) is 8.60. The highest BCUT2D eigenvalue weighted by atomic mass is 16.2. The largest absolute Gasteiger partial charge is 0.340 e. The SMILES string of the molecule is CCCCN(C(=O)C1CCCC(N)C1)C(C)CC. The molecule has 0 radical (unpaired) electrons. The van der Waals surface area contributed by atoms with E-state index in [1.807, 2.05) is 0 Å². The van der Waals surface area contributed by atoms with E-state index in [1.54, 1.807) is 0 Å². The van der Waals surface area contributed by atoms with Gasteiger partial charge in [-0.3, -0.25) is 4.79 Å². The van der Waals surface area contributed by atoms with Crippen LogP contribution in [0.5, 0.6) is 0 Å². The molecular weight excluding hydrogens is 224 g/mol. The maximum Gasteiger partial charge on any atom is 0.225 e. The van der Waals surface area contributed by atoms with Crippen LogP contribution in [0.3, 0.4) is 0 Å². The summed E-state index contributed by atoms with van der Waals surface area (Å²) in [6.45, 7) is 7.41. The monoisotopic (exact) mass is 254 g/mol. The number of amides is 1. The number of hydrogen-bond donors (Lipinski definition) is 1. The molecule has 0 heterocycles. The maximum absolute atomic E-state index is 12.6. The molecule has 1 fully saturated rings. The van der Waals surface area contributed by atoms with Crippen LogP contribution in [0.15, 0.2) is 0 Å². The van der Waals surface area contributed by atoms with Gasteiger partial charge >= 0.3 is 0 Å². The van der Waals surface area contributed by atoms with Crippen molar-refractivity contribution < 1.29 is 4.79 Å². The molecule has 3 unspecified atom stereocenters. The van der Waals surface area contributed by atoms with Crippen molar-refractivity contribution in [1.82, 2.24) is 4.90 Å². The van der Waals surface area contributed by atoms with Crippen LogP contribution in [-0.2, 0) is 4.79 Å². The van der Waals surface area contributed by atoms with Crippen LogP contribution in [0.2, 0.25) is 0 Å². The first kappa shape index (κ1) is 15.5. The predicted molar refractivity (Wildman–Crippen MR) is 76.3 cm³/mol. The van der Waals surface area contributed by atoms with Crippen LogP contribution in [0.1, 0.15) is 65.7 Å². The quantitative estimate of drug-likeness (QED) is 0.792. The lowest BCUT2D eigenvalue weighted by Crippen LogP contribution is -2.45. The Morgan fingerprint density at radius 2 is 2.11 bits per heavy atom. The Bertz CT molecular complexity index is 255. The van der Waals surface area contributed by atoms with Gasteiger partial charge in [0, 0.05) is 24.5 Å². The average molecular weight is 254 g/mol. The van der Waals surface area contributed by atoms with Crippen LogP contribution in [0, 0.1) is 5.92 Å². The molecule has 3 atom stereocenters. The number of nitrogens with zero attached hydrogens (tertiary/aromatic N) is 1. The van der Waals surface area contributed by atoms with Crippen LogP contribution < -0.4 is 5.73 Å². The van der Waals surface area contributed by atoms with Crippen LogP contribution in [0.4, 0.5) is 0 Å². The summed E-state index contributed by atoms with van der Waals surface area (Å²) in [5.74, 6) is 0.535. The number of hydrogen-bond acceptors (Lipinski definition) is 2. The summed E-state index contributed by atoms with van der Waals surface area (Å²) < 4.78 is 0. The Balaban J connectivity index is 2.62. The van der Waals surface area contributed by atoms with E-state index in [1.165, 1.54) is 0 Å². The number of rotatable bonds is 6. The van der Waals surface area contributed by atoms with E-state index < -0.39 is 0 Å². The van der Waals surface area contributed by atoms with Crippen molar-refractivity contribution in [2.45, 2.75) is 77.8 Å². The molecule has 3 nitrogen and oxygen atoms in total. The van der Waals surface area contributed by atoms with Gasteiger partial charge in [0.1, 0.15) is 0 Å². The molecule has 1 rings (SSSR count). The van der Waals surface area contributed by atoms with Crippen LogP contribution in [-0.4, -0.2) is 29.4 Å². The number of nitrogens with two attached hydrogens (primary N) is 1. The molecule has 1 saturated carbocycles. The molecule has 0 spiro atoms. The zero-order chi connectivity index (χ0) is 13.5. The standard InChI is InChI=1S/C15H30N2O/c1-4-6-10-17(12(3)5-2)15(18)13-8-7-9-14(16)11-13/h12-14H,4-11,16H2,1-3H3. The van der Waals surface area contributed by atoms with E-state index in [2.05, 4.69) is 25.7 Å². The lowest BCUT2D eigenvalue weighted by atomic mass is 9.85. The van der Waals surface area contributed by atoms with Gasteiger partial charge in [0.25, 0.3) is 0 Å². The van der Waals surface area contributed by atoms with E-state index in [-0.39, 0.29) is 12.0 Å². The number of unbranched alkanes of at least 4 members (excludes halogenated alkanes) is 1. The highest BCUT2D eigenvalue weighted by Crippen LogP contribution is 2.26. The third-order valence-electron chi connectivity index (χ3n) is 4.22. The van der Waals surface area contributed by atoms with Gasteiger partial charge in [-0.1, -0.05) is 26.7 Å². The van der Waals surface area contributed by atoms with Crippen molar-refractivity contribution in [2.75, 3.05) is 6.54 Å². The fourth-order valence-corrected chi connectivity index (χ4v) is 2.78. The van der Waals surface area contributed by atoms with Gasteiger partial charge in [0.2, 0.25) is 5.91 Å². The van der Waals surface area contributed by atoms with Gasteiger partial charge in [-0.25, -0.2) is 0 Å². The summed E-state index contributed by atoms with van der Waals surface area (Å²) in [6.07, 6.45) is 7.40. The lowest BCUT2D eigenvalue weighted by molar-refractivity contribution is -0.139. The van der Waals surface area contributed by atoms with E-state index in [9.17, 15) is 4.79 Å². The smallest absolute Gasteiger partial charge is 0.225 e. The van der Waals surface area contributed by atoms with E-state index >= 15 is 0 Å². The second kappa shape index (κ2) is 7.78. The molecule has 0 aliphatic heterocycles. The Hall–Kier alpha value is -0.570. The van der Waals surface area contributed by atoms with Crippen LogP contribution in [0.25, 0.3) is 0 Å². The highest BCUT2D eigenvalue weighted by Gasteiger charge is 2.30. The Labute approximate surface area is 112 Å². The van der Waals surface area contributed by atoms with Crippen LogP contribution >= 0.6 is 0 Å². The van der Waals surface area contributed by atoms with E-state index in [4.69, 9.17) is 5.73 Å². The van der Waals surface area contributed by atoms with Crippen molar-refractivity contribution >= 4 is 5.91 Å². The summed E-state index contributed by atoms with van der Waals surface area (Å²) in [6, 6.07) is 0.597. The average Bonchev–Trinajstić information content (AvgIpc) is 2.38. The molecule has 0 bridgehead atoms. The molecule has 2 N–H and O–H groups in total. The lowest BCUT2D eigenvalue weighted by Gasteiger charge is -2.34. The Kier molecular flexibility index (Phi) is 6.69. The molecule has 0 aromatic carbocycles. The van der Waals surface area contributed by atoms with Gasteiger partial charge in [0.05, 0.1) is 0 Å². The third kappa shape index (κ3) is 4.27. The minimum absolute atomic E-state index is 0.180. The summed E-state index contributed by atoms with van der Waals surface area (Å²) in [5, 5.41) is 0. The second-order valence-electron chi connectivity index (χ2n) is 5.77.